The maximum Gasteiger partial charge on any atom is 0.311 e. The van der Waals surface area contributed by atoms with Crippen molar-refractivity contribution in [3.8, 4) is 5.75 Å². The number of hydrogen-bond acceptors (Lipinski definition) is 6. The number of rotatable bonds is 8. The molecule has 0 bridgehead atoms. The fourth-order valence-corrected chi connectivity index (χ4v) is 3.35. The van der Waals surface area contributed by atoms with Crippen LogP contribution >= 0.6 is 15.9 Å². The van der Waals surface area contributed by atoms with Gasteiger partial charge in [-0.3, -0.25) is 19.6 Å². The van der Waals surface area contributed by atoms with E-state index < -0.39 is 10.8 Å². The maximum absolute atomic E-state index is 13.1. The molecule has 0 fully saturated rings. The van der Waals surface area contributed by atoms with E-state index in [0.29, 0.717) is 16.8 Å². The lowest BCUT2D eigenvalue weighted by Gasteiger charge is -2.06. The third-order valence-corrected chi connectivity index (χ3v) is 5.07. The van der Waals surface area contributed by atoms with Crippen LogP contribution < -0.4 is 10.1 Å². The third-order valence-electron chi connectivity index (χ3n) is 4.49. The minimum absolute atomic E-state index is 0.0969. The van der Waals surface area contributed by atoms with Crippen LogP contribution in [0.1, 0.15) is 16.1 Å². The van der Waals surface area contributed by atoms with Crippen molar-refractivity contribution in [3.63, 3.8) is 0 Å². The van der Waals surface area contributed by atoms with E-state index >= 15 is 0 Å². The number of carbonyl (C=O) groups excluding carboxylic acids is 1. The van der Waals surface area contributed by atoms with Gasteiger partial charge in [0.2, 0.25) is 0 Å². The molecule has 0 radical (unpaired) electrons. The normalized spacial score (nSPS) is 10.7. The highest BCUT2D eigenvalue weighted by Crippen LogP contribution is 2.26. The second kappa shape index (κ2) is 9.61. The smallest absolute Gasteiger partial charge is 0.311 e. The van der Waals surface area contributed by atoms with Crippen LogP contribution in [0.2, 0.25) is 0 Å². The number of benzene rings is 2. The largest absolute Gasteiger partial charge is 0.464 e. The molecule has 2 aromatic heterocycles. The number of carbonyl (C=O) groups is 1. The molecule has 1 amide bonds. The Labute approximate surface area is 194 Å². The van der Waals surface area contributed by atoms with Gasteiger partial charge in [-0.05, 0) is 45.8 Å². The summed E-state index contributed by atoms with van der Waals surface area (Å²) in [6.45, 7) is 0.278. The van der Waals surface area contributed by atoms with Crippen molar-refractivity contribution in [1.29, 1.82) is 0 Å². The molecule has 0 atom stereocenters. The second-order valence-electron chi connectivity index (χ2n) is 6.84. The molecule has 2 aromatic carbocycles. The second-order valence-corrected chi connectivity index (χ2v) is 7.70. The lowest BCUT2D eigenvalue weighted by Crippen LogP contribution is -2.15. The topological polar surface area (TPSA) is 117 Å². The molecule has 10 nitrogen and oxygen atoms in total. The summed E-state index contributed by atoms with van der Waals surface area (Å²) in [6.07, 6.45) is 3.21. The van der Waals surface area contributed by atoms with Gasteiger partial charge in [0, 0.05) is 18.5 Å². The highest BCUT2D eigenvalue weighted by Gasteiger charge is 2.16. The molecule has 168 valence electrons. The van der Waals surface area contributed by atoms with Gasteiger partial charge >= 0.3 is 5.69 Å². The number of ether oxygens (including phenoxy) is 1. The van der Waals surface area contributed by atoms with Crippen LogP contribution in [0.4, 0.5) is 15.9 Å². The highest BCUT2D eigenvalue weighted by molar-refractivity contribution is 9.10. The molecular formula is C21H16BrFN6O4. The zero-order chi connectivity index (χ0) is 23.4. The van der Waals surface area contributed by atoms with E-state index in [1.165, 1.54) is 41.2 Å². The third kappa shape index (κ3) is 5.41. The minimum atomic E-state index is -0.537. The molecule has 0 aliphatic rings. The van der Waals surface area contributed by atoms with E-state index in [2.05, 4.69) is 31.4 Å². The van der Waals surface area contributed by atoms with E-state index in [0.717, 1.165) is 5.56 Å². The predicted molar refractivity (Wildman–Crippen MR) is 119 cm³/mol. The Morgan fingerprint density at radius 3 is 2.64 bits per heavy atom. The molecule has 4 aromatic rings. The molecule has 0 saturated carbocycles. The predicted octanol–water partition coefficient (Wildman–Crippen LogP) is 4.23. The first-order valence-corrected chi connectivity index (χ1v) is 10.4. The number of nitro benzene ring substituents is 1. The first-order valence-electron chi connectivity index (χ1n) is 9.57. The molecule has 0 aliphatic carbocycles. The number of anilines is 1. The van der Waals surface area contributed by atoms with E-state index in [1.54, 1.807) is 35.1 Å². The number of para-hydroxylation sites is 2. The number of halogens is 2. The number of nitrogens with one attached hydrogen (secondary N) is 1. The fourth-order valence-electron chi connectivity index (χ4n) is 2.93. The molecule has 0 unspecified atom stereocenters. The SMILES string of the molecule is O=C(Nc1nn(Cc2ccc(F)cc2)cc1Br)c1ccn(COc2ccccc2[N+](=O)[O-])n1. The van der Waals surface area contributed by atoms with Crippen molar-refractivity contribution in [2.45, 2.75) is 13.3 Å². The van der Waals surface area contributed by atoms with Gasteiger partial charge in [-0.25, -0.2) is 9.07 Å². The van der Waals surface area contributed by atoms with Crippen molar-refractivity contribution < 1.29 is 18.8 Å². The zero-order valence-corrected chi connectivity index (χ0v) is 18.5. The van der Waals surface area contributed by atoms with Gasteiger partial charge < -0.3 is 10.1 Å². The molecule has 0 aliphatic heterocycles. The number of aromatic nitrogens is 4. The van der Waals surface area contributed by atoms with Crippen molar-refractivity contribution in [3.05, 3.63) is 98.7 Å². The quantitative estimate of drug-likeness (QED) is 0.277. The minimum Gasteiger partial charge on any atom is -0.464 e. The Kier molecular flexibility index (Phi) is 6.45. The average Bonchev–Trinajstić information content (AvgIpc) is 3.40. The Morgan fingerprint density at radius 2 is 1.88 bits per heavy atom. The van der Waals surface area contributed by atoms with Crippen LogP contribution in [0.3, 0.4) is 0 Å². The van der Waals surface area contributed by atoms with Gasteiger partial charge in [-0.2, -0.15) is 10.2 Å². The number of nitrogens with zero attached hydrogens (tertiary/aromatic N) is 5. The Balaban J connectivity index is 1.38. The van der Waals surface area contributed by atoms with Crippen molar-refractivity contribution in [2.75, 3.05) is 5.32 Å². The Hall–Kier alpha value is -4.06. The maximum atomic E-state index is 13.1. The summed E-state index contributed by atoms with van der Waals surface area (Å²) < 4.78 is 22.0. The highest BCUT2D eigenvalue weighted by atomic mass is 79.9. The zero-order valence-electron chi connectivity index (χ0n) is 16.9. The van der Waals surface area contributed by atoms with E-state index in [9.17, 15) is 19.3 Å². The van der Waals surface area contributed by atoms with Crippen LogP contribution in [0.25, 0.3) is 0 Å². The van der Waals surface area contributed by atoms with E-state index in [1.807, 2.05) is 0 Å². The summed E-state index contributed by atoms with van der Waals surface area (Å²) in [5, 5.41) is 22.2. The molecule has 1 N–H and O–H groups in total. The average molecular weight is 515 g/mol. The summed E-state index contributed by atoms with van der Waals surface area (Å²) >= 11 is 3.36. The number of amides is 1. The van der Waals surface area contributed by atoms with Crippen LogP contribution in [-0.4, -0.2) is 30.4 Å². The van der Waals surface area contributed by atoms with E-state index in [4.69, 9.17) is 4.74 Å². The molecule has 0 spiro atoms. The molecule has 4 rings (SSSR count). The van der Waals surface area contributed by atoms with Gasteiger partial charge in [-0.15, -0.1) is 0 Å². The van der Waals surface area contributed by atoms with Crippen molar-refractivity contribution in [1.82, 2.24) is 19.6 Å². The van der Waals surface area contributed by atoms with Crippen molar-refractivity contribution in [2.24, 2.45) is 0 Å². The van der Waals surface area contributed by atoms with E-state index in [-0.39, 0.29) is 29.7 Å². The Bertz CT molecular complexity index is 1300. The van der Waals surface area contributed by atoms with Crippen LogP contribution in [0, 0.1) is 15.9 Å². The molecular weight excluding hydrogens is 499 g/mol. The monoisotopic (exact) mass is 514 g/mol. The first kappa shape index (κ1) is 22.1. The van der Waals surface area contributed by atoms with Gasteiger partial charge in [0.1, 0.15) is 5.82 Å². The van der Waals surface area contributed by atoms with Gasteiger partial charge in [0.05, 0.1) is 15.9 Å². The number of nitro groups is 1. The summed E-state index contributed by atoms with van der Waals surface area (Å²) in [4.78, 5) is 23.1. The van der Waals surface area contributed by atoms with Gasteiger partial charge in [0.25, 0.3) is 5.91 Å². The van der Waals surface area contributed by atoms with Gasteiger partial charge in [-0.1, -0.05) is 24.3 Å². The lowest BCUT2D eigenvalue weighted by molar-refractivity contribution is -0.386. The fraction of sp³-hybridized carbons (Fsp3) is 0.0952. The standard InChI is InChI=1S/C21H16BrFN6O4/c22-16-12-28(11-14-5-7-15(23)8-6-14)26-20(16)24-21(30)17-9-10-27(25-17)13-33-19-4-2-1-3-18(19)29(31)32/h1-10,12H,11,13H2,(H,24,26,30). The summed E-state index contributed by atoms with van der Waals surface area (Å²) in [7, 11) is 0. The summed E-state index contributed by atoms with van der Waals surface area (Å²) in [5.41, 5.74) is 0.798. The molecule has 33 heavy (non-hydrogen) atoms. The summed E-state index contributed by atoms with van der Waals surface area (Å²) in [5.74, 6) is -0.417. The molecule has 12 heteroatoms. The van der Waals surface area contributed by atoms with Gasteiger partial charge in [0.15, 0.2) is 24.0 Å². The first-order chi connectivity index (χ1) is 15.9. The molecule has 0 saturated heterocycles. The Morgan fingerprint density at radius 1 is 1.12 bits per heavy atom. The van der Waals surface area contributed by atoms with Crippen LogP contribution in [0.5, 0.6) is 5.75 Å². The number of hydrogen-bond donors (Lipinski definition) is 1. The lowest BCUT2D eigenvalue weighted by atomic mass is 10.2. The molecule has 2 heterocycles. The van der Waals surface area contributed by atoms with Crippen LogP contribution in [0.15, 0.2) is 71.5 Å². The van der Waals surface area contributed by atoms with Crippen molar-refractivity contribution >= 4 is 33.3 Å². The summed E-state index contributed by atoms with van der Waals surface area (Å²) in [6, 6.07) is 13.5. The van der Waals surface area contributed by atoms with Crippen LogP contribution in [-0.2, 0) is 13.3 Å².